The van der Waals surface area contributed by atoms with Gasteiger partial charge in [0.15, 0.2) is 0 Å². The molecule has 0 saturated heterocycles. The molecule has 0 aliphatic rings. The van der Waals surface area contributed by atoms with Crippen LogP contribution >= 0.6 is 15.9 Å². The van der Waals surface area contributed by atoms with Crippen LogP contribution in [-0.4, -0.2) is 14.9 Å². The van der Waals surface area contributed by atoms with E-state index >= 15 is 0 Å². The van der Waals surface area contributed by atoms with Gasteiger partial charge in [-0.05, 0) is 42.3 Å². The Bertz CT molecular complexity index is 538. The van der Waals surface area contributed by atoms with Gasteiger partial charge < -0.3 is 9.52 Å². The van der Waals surface area contributed by atoms with Crippen LogP contribution in [0, 0.1) is 20.8 Å². The lowest BCUT2D eigenvalue weighted by Crippen LogP contribution is -2.08. The number of rotatable bonds is 2. The lowest BCUT2D eigenvalue weighted by atomic mass is 10.0. The number of aliphatic hydroxyl groups excluding tert-OH is 1. The van der Waals surface area contributed by atoms with E-state index in [2.05, 4.69) is 21.0 Å². The van der Waals surface area contributed by atoms with Crippen LogP contribution in [0.4, 0.5) is 0 Å². The van der Waals surface area contributed by atoms with E-state index in [9.17, 15) is 5.11 Å². The Morgan fingerprint density at radius 1 is 1.35 bits per heavy atom. The Labute approximate surface area is 108 Å². The summed E-state index contributed by atoms with van der Waals surface area (Å²) in [6.45, 7) is 5.72. The van der Waals surface area contributed by atoms with Crippen molar-refractivity contribution in [1.29, 1.82) is 0 Å². The van der Waals surface area contributed by atoms with Gasteiger partial charge in [-0.1, -0.05) is 0 Å². The van der Waals surface area contributed by atoms with Crippen molar-refractivity contribution in [3.05, 3.63) is 39.0 Å². The van der Waals surface area contributed by atoms with Gasteiger partial charge in [0.2, 0.25) is 0 Å². The van der Waals surface area contributed by atoms with Gasteiger partial charge in [0.05, 0.1) is 16.4 Å². The summed E-state index contributed by atoms with van der Waals surface area (Å²) in [5.74, 6) is 1.59. The number of hydrogen-bond donors (Lipinski definition) is 1. The van der Waals surface area contributed by atoms with Crippen molar-refractivity contribution in [2.24, 2.45) is 7.05 Å². The van der Waals surface area contributed by atoms with Crippen molar-refractivity contribution in [1.82, 2.24) is 9.78 Å². The minimum atomic E-state index is -0.727. The fourth-order valence-electron chi connectivity index (χ4n) is 2.08. The minimum absolute atomic E-state index is 0.727. The van der Waals surface area contributed by atoms with Crippen LogP contribution in [0.15, 0.2) is 15.1 Å². The molecular weight excluding hydrogens is 284 g/mol. The maximum absolute atomic E-state index is 10.5. The summed E-state index contributed by atoms with van der Waals surface area (Å²) in [4.78, 5) is 0. The second kappa shape index (κ2) is 4.31. The fraction of sp³-hybridized carbons (Fsp3) is 0.417. The normalized spacial score (nSPS) is 13.1. The highest BCUT2D eigenvalue weighted by Crippen LogP contribution is 2.34. The molecule has 0 aromatic carbocycles. The van der Waals surface area contributed by atoms with Crippen LogP contribution in [0.1, 0.15) is 34.4 Å². The number of aryl methyl sites for hydroxylation is 3. The molecule has 0 saturated carbocycles. The lowest BCUT2D eigenvalue weighted by molar-refractivity contribution is 0.206. The van der Waals surface area contributed by atoms with E-state index in [4.69, 9.17) is 4.42 Å². The third-order valence-corrected chi connectivity index (χ3v) is 3.70. The van der Waals surface area contributed by atoms with Crippen molar-refractivity contribution < 1.29 is 9.52 Å². The molecule has 0 aliphatic carbocycles. The van der Waals surface area contributed by atoms with Gasteiger partial charge in [-0.15, -0.1) is 0 Å². The Morgan fingerprint density at radius 2 is 2.00 bits per heavy atom. The zero-order chi connectivity index (χ0) is 12.7. The second-order valence-electron chi connectivity index (χ2n) is 4.16. The smallest absolute Gasteiger partial charge is 0.125 e. The average molecular weight is 299 g/mol. The molecule has 0 aliphatic heterocycles. The topological polar surface area (TPSA) is 51.2 Å². The molecular formula is C12H15BrN2O2. The third-order valence-electron chi connectivity index (χ3n) is 3.09. The van der Waals surface area contributed by atoms with E-state index in [1.807, 2.05) is 20.8 Å². The summed E-state index contributed by atoms with van der Waals surface area (Å²) in [5, 5.41) is 14.6. The van der Waals surface area contributed by atoms with Gasteiger partial charge in [-0.3, -0.25) is 4.68 Å². The Morgan fingerprint density at radius 3 is 2.41 bits per heavy atom. The lowest BCUT2D eigenvalue weighted by Gasteiger charge is -2.12. The average Bonchev–Trinajstić information content (AvgIpc) is 2.69. The quantitative estimate of drug-likeness (QED) is 0.927. The van der Waals surface area contributed by atoms with Gasteiger partial charge >= 0.3 is 0 Å². The number of aromatic nitrogens is 2. The summed E-state index contributed by atoms with van der Waals surface area (Å²) < 4.78 is 8.00. The minimum Gasteiger partial charge on any atom is -0.466 e. The number of halogens is 1. The molecule has 1 unspecified atom stereocenters. The van der Waals surface area contributed by atoms with Crippen LogP contribution in [0.2, 0.25) is 0 Å². The van der Waals surface area contributed by atoms with Gasteiger partial charge in [0.1, 0.15) is 17.6 Å². The first-order chi connectivity index (χ1) is 7.93. The Kier molecular flexibility index (Phi) is 3.14. The molecule has 92 valence electrons. The van der Waals surface area contributed by atoms with Crippen LogP contribution in [-0.2, 0) is 7.05 Å². The highest BCUT2D eigenvalue weighted by Gasteiger charge is 2.24. The molecule has 4 nitrogen and oxygen atoms in total. The Hall–Kier alpha value is -1.07. The fourth-order valence-corrected chi connectivity index (χ4v) is 2.64. The van der Waals surface area contributed by atoms with Gasteiger partial charge in [-0.25, -0.2) is 0 Å². The Balaban J connectivity index is 2.54. The maximum Gasteiger partial charge on any atom is 0.125 e. The second-order valence-corrected chi connectivity index (χ2v) is 5.01. The summed E-state index contributed by atoms with van der Waals surface area (Å²) in [5.41, 5.74) is 2.55. The van der Waals surface area contributed by atoms with Gasteiger partial charge in [0, 0.05) is 12.6 Å². The van der Waals surface area contributed by atoms with E-state index in [-0.39, 0.29) is 0 Å². The van der Waals surface area contributed by atoms with Gasteiger partial charge in [0.25, 0.3) is 0 Å². The number of hydrogen-bond acceptors (Lipinski definition) is 3. The SMILES string of the molecule is Cc1oc(C)c(C(O)c2c(Br)cnn2C)c1C. The summed E-state index contributed by atoms with van der Waals surface area (Å²) in [7, 11) is 1.81. The molecule has 5 heteroatoms. The van der Waals surface area contributed by atoms with E-state index in [0.717, 1.165) is 32.8 Å². The van der Waals surface area contributed by atoms with E-state index < -0.39 is 6.10 Å². The van der Waals surface area contributed by atoms with E-state index in [1.54, 1.807) is 17.9 Å². The van der Waals surface area contributed by atoms with E-state index in [1.165, 1.54) is 0 Å². The first-order valence-corrected chi connectivity index (χ1v) is 6.14. The summed E-state index contributed by atoms with van der Waals surface area (Å²) in [6, 6.07) is 0. The van der Waals surface area contributed by atoms with Crippen LogP contribution in [0.5, 0.6) is 0 Å². The third kappa shape index (κ3) is 1.93. The number of nitrogens with zero attached hydrogens (tertiary/aromatic N) is 2. The van der Waals surface area contributed by atoms with Crippen LogP contribution in [0.25, 0.3) is 0 Å². The molecule has 0 bridgehead atoms. The summed E-state index contributed by atoms with van der Waals surface area (Å²) >= 11 is 3.40. The van der Waals surface area contributed by atoms with Crippen molar-refractivity contribution in [3.8, 4) is 0 Å². The van der Waals surface area contributed by atoms with Crippen molar-refractivity contribution in [3.63, 3.8) is 0 Å². The monoisotopic (exact) mass is 298 g/mol. The number of aliphatic hydroxyl groups is 1. The summed E-state index contributed by atoms with van der Waals surface area (Å²) in [6.07, 6.45) is 0.949. The molecule has 1 atom stereocenters. The molecule has 2 rings (SSSR count). The molecule has 0 radical (unpaired) electrons. The maximum atomic E-state index is 10.5. The first kappa shape index (κ1) is 12.4. The molecule has 2 aromatic heterocycles. The molecule has 2 aromatic rings. The van der Waals surface area contributed by atoms with Crippen molar-refractivity contribution in [2.75, 3.05) is 0 Å². The van der Waals surface area contributed by atoms with Crippen LogP contribution in [0.3, 0.4) is 0 Å². The molecule has 2 heterocycles. The van der Waals surface area contributed by atoms with Crippen LogP contribution < -0.4 is 0 Å². The van der Waals surface area contributed by atoms with Gasteiger partial charge in [-0.2, -0.15) is 5.10 Å². The zero-order valence-corrected chi connectivity index (χ0v) is 11.9. The predicted octanol–water partition coefficient (Wildman–Crippen LogP) is 2.78. The van der Waals surface area contributed by atoms with Crippen molar-refractivity contribution in [2.45, 2.75) is 26.9 Å². The standard InChI is InChI=1S/C12H15BrN2O2/c1-6-7(2)17-8(3)10(6)12(16)11-9(13)5-14-15(11)4/h5,12,16H,1-4H3. The predicted molar refractivity (Wildman–Crippen MR) is 67.9 cm³/mol. The van der Waals surface area contributed by atoms with Crippen molar-refractivity contribution >= 4 is 15.9 Å². The zero-order valence-electron chi connectivity index (χ0n) is 10.3. The van der Waals surface area contributed by atoms with E-state index in [0.29, 0.717) is 0 Å². The molecule has 0 spiro atoms. The molecule has 0 fully saturated rings. The molecule has 17 heavy (non-hydrogen) atoms. The highest BCUT2D eigenvalue weighted by molar-refractivity contribution is 9.10. The number of furan rings is 1. The highest BCUT2D eigenvalue weighted by atomic mass is 79.9. The molecule has 0 amide bonds. The first-order valence-electron chi connectivity index (χ1n) is 5.35. The molecule has 1 N–H and O–H groups in total. The largest absolute Gasteiger partial charge is 0.466 e.